The molecule has 1 atom stereocenters. The summed E-state index contributed by atoms with van der Waals surface area (Å²) < 4.78 is 0. The molecule has 0 fully saturated rings. The van der Waals surface area contributed by atoms with Gasteiger partial charge in [0.15, 0.2) is 0 Å². The molecule has 0 aromatic heterocycles. The zero-order valence-electron chi connectivity index (χ0n) is 11.3. The van der Waals surface area contributed by atoms with Crippen molar-refractivity contribution in [2.45, 2.75) is 52.7 Å². The highest BCUT2D eigenvalue weighted by Crippen LogP contribution is 2.20. The molecule has 0 saturated heterocycles. The number of rotatable bonds is 6. The van der Waals surface area contributed by atoms with Gasteiger partial charge in [-0.3, -0.25) is 4.79 Å². The van der Waals surface area contributed by atoms with E-state index in [-0.39, 0.29) is 11.8 Å². The molecule has 0 heterocycles. The molecule has 4 nitrogen and oxygen atoms in total. The molecule has 0 rings (SSSR count). The van der Waals surface area contributed by atoms with E-state index in [1.807, 2.05) is 27.7 Å². The van der Waals surface area contributed by atoms with Gasteiger partial charge in [0.1, 0.15) is 0 Å². The number of nitrogens with one attached hydrogen (secondary N) is 2. The molecule has 0 aliphatic rings. The molecule has 0 bridgehead atoms. The molecule has 0 radical (unpaired) electrons. The van der Waals surface area contributed by atoms with Crippen LogP contribution in [0.1, 0.15) is 41.5 Å². The van der Waals surface area contributed by atoms with Crippen LogP contribution in [0, 0.1) is 5.92 Å². The van der Waals surface area contributed by atoms with Crippen LogP contribution in [0.4, 0.5) is 0 Å². The first-order chi connectivity index (χ1) is 7.12. The molecule has 1 amide bonds. The van der Waals surface area contributed by atoms with E-state index in [1.165, 1.54) is 0 Å². The lowest BCUT2D eigenvalue weighted by Crippen LogP contribution is -2.59. The van der Waals surface area contributed by atoms with Crippen molar-refractivity contribution in [3.63, 3.8) is 0 Å². The number of aliphatic hydroxyl groups is 1. The summed E-state index contributed by atoms with van der Waals surface area (Å²) in [5.74, 6) is -0.130. The first kappa shape index (κ1) is 15.4. The van der Waals surface area contributed by atoms with E-state index in [1.54, 1.807) is 13.8 Å². The summed E-state index contributed by atoms with van der Waals surface area (Å²) in [6, 6.07) is 0. The zero-order chi connectivity index (χ0) is 13.0. The minimum absolute atomic E-state index is 0.0342. The monoisotopic (exact) mass is 230 g/mol. The molecule has 0 aliphatic carbocycles. The number of amides is 1. The first-order valence-corrected chi connectivity index (χ1v) is 5.87. The van der Waals surface area contributed by atoms with Crippen LogP contribution in [-0.4, -0.2) is 35.2 Å². The maximum absolute atomic E-state index is 11.8. The minimum atomic E-state index is -0.944. The van der Waals surface area contributed by atoms with Gasteiger partial charge < -0.3 is 15.7 Å². The average Bonchev–Trinajstić information content (AvgIpc) is 2.11. The molecule has 1 unspecified atom stereocenters. The van der Waals surface area contributed by atoms with Crippen LogP contribution in [-0.2, 0) is 4.79 Å². The van der Waals surface area contributed by atoms with Crippen LogP contribution >= 0.6 is 0 Å². The van der Waals surface area contributed by atoms with Gasteiger partial charge in [0.25, 0.3) is 0 Å². The quantitative estimate of drug-likeness (QED) is 0.635. The summed E-state index contributed by atoms with van der Waals surface area (Å²) in [5, 5.41) is 15.9. The zero-order valence-corrected chi connectivity index (χ0v) is 11.3. The second-order valence-corrected chi connectivity index (χ2v) is 5.38. The predicted octanol–water partition coefficient (Wildman–Crippen LogP) is 0.898. The van der Waals surface area contributed by atoms with E-state index in [0.29, 0.717) is 6.54 Å². The molecule has 16 heavy (non-hydrogen) atoms. The van der Waals surface area contributed by atoms with E-state index in [4.69, 9.17) is 0 Å². The topological polar surface area (TPSA) is 61.4 Å². The van der Waals surface area contributed by atoms with Gasteiger partial charge >= 0.3 is 0 Å². The molecule has 0 aliphatic heterocycles. The summed E-state index contributed by atoms with van der Waals surface area (Å²) in [4.78, 5) is 11.8. The lowest BCUT2D eigenvalue weighted by molar-refractivity contribution is -0.129. The van der Waals surface area contributed by atoms with Crippen molar-refractivity contribution in [3.8, 4) is 0 Å². The van der Waals surface area contributed by atoms with Crippen LogP contribution < -0.4 is 10.6 Å². The Morgan fingerprint density at radius 2 is 1.81 bits per heavy atom. The summed E-state index contributed by atoms with van der Waals surface area (Å²) in [5.41, 5.74) is -1.58. The Morgan fingerprint density at radius 3 is 2.19 bits per heavy atom. The number of hydrogen-bond donors (Lipinski definition) is 3. The first-order valence-electron chi connectivity index (χ1n) is 5.87. The van der Waals surface area contributed by atoms with Crippen LogP contribution in [0.5, 0.6) is 0 Å². The second-order valence-electron chi connectivity index (χ2n) is 5.38. The number of carbonyl (C=O) groups is 1. The van der Waals surface area contributed by atoms with Gasteiger partial charge in [-0.25, -0.2) is 0 Å². The van der Waals surface area contributed by atoms with Crippen molar-refractivity contribution in [1.82, 2.24) is 10.6 Å². The summed E-state index contributed by atoms with van der Waals surface area (Å²) in [6.45, 7) is 12.4. The van der Waals surface area contributed by atoms with Crippen molar-refractivity contribution >= 4 is 5.91 Å². The van der Waals surface area contributed by atoms with Crippen molar-refractivity contribution in [2.24, 2.45) is 5.92 Å². The van der Waals surface area contributed by atoms with Crippen molar-refractivity contribution in [2.75, 3.05) is 13.1 Å². The third-order valence-corrected chi connectivity index (χ3v) is 3.11. The van der Waals surface area contributed by atoms with Gasteiger partial charge in [-0.2, -0.15) is 0 Å². The SMILES string of the molecule is CCNCC(C)C(=O)NC(C)(C)C(C)(C)O. The Hall–Kier alpha value is -0.610. The Kier molecular flexibility index (Phi) is 5.42. The Labute approximate surface area is 98.8 Å². The van der Waals surface area contributed by atoms with E-state index >= 15 is 0 Å². The van der Waals surface area contributed by atoms with Gasteiger partial charge in [0, 0.05) is 12.5 Å². The third kappa shape index (κ3) is 4.49. The van der Waals surface area contributed by atoms with Crippen LogP contribution in [0.2, 0.25) is 0 Å². The molecule has 3 N–H and O–H groups in total. The van der Waals surface area contributed by atoms with E-state index in [2.05, 4.69) is 10.6 Å². The fourth-order valence-electron chi connectivity index (χ4n) is 1.04. The third-order valence-electron chi connectivity index (χ3n) is 3.11. The van der Waals surface area contributed by atoms with Crippen molar-refractivity contribution in [1.29, 1.82) is 0 Å². The Morgan fingerprint density at radius 1 is 1.31 bits per heavy atom. The van der Waals surface area contributed by atoms with Gasteiger partial charge in [-0.1, -0.05) is 13.8 Å². The second kappa shape index (κ2) is 5.64. The highest BCUT2D eigenvalue weighted by atomic mass is 16.3. The molecular formula is C12H26N2O2. The van der Waals surface area contributed by atoms with Gasteiger partial charge in [0.2, 0.25) is 5.91 Å². The van der Waals surface area contributed by atoms with E-state index in [0.717, 1.165) is 6.54 Å². The molecule has 0 aromatic rings. The van der Waals surface area contributed by atoms with Gasteiger partial charge in [-0.05, 0) is 34.2 Å². The fourth-order valence-corrected chi connectivity index (χ4v) is 1.04. The summed E-state index contributed by atoms with van der Waals surface area (Å²) in [7, 11) is 0. The highest BCUT2D eigenvalue weighted by Gasteiger charge is 2.36. The molecule has 96 valence electrons. The smallest absolute Gasteiger partial charge is 0.224 e. The summed E-state index contributed by atoms with van der Waals surface area (Å²) in [6.07, 6.45) is 0. The average molecular weight is 230 g/mol. The van der Waals surface area contributed by atoms with Crippen LogP contribution in [0.3, 0.4) is 0 Å². The number of carbonyl (C=O) groups excluding carboxylic acids is 1. The molecule has 0 saturated carbocycles. The van der Waals surface area contributed by atoms with Gasteiger partial charge in [-0.15, -0.1) is 0 Å². The number of hydrogen-bond acceptors (Lipinski definition) is 3. The normalized spacial score (nSPS) is 14.7. The lowest BCUT2D eigenvalue weighted by Gasteiger charge is -2.38. The summed E-state index contributed by atoms with van der Waals surface area (Å²) >= 11 is 0. The maximum Gasteiger partial charge on any atom is 0.224 e. The largest absolute Gasteiger partial charge is 0.388 e. The lowest BCUT2D eigenvalue weighted by atomic mass is 9.85. The Balaban J connectivity index is 4.33. The van der Waals surface area contributed by atoms with Crippen molar-refractivity contribution < 1.29 is 9.90 Å². The molecule has 0 aromatic carbocycles. The molecular weight excluding hydrogens is 204 g/mol. The van der Waals surface area contributed by atoms with Crippen molar-refractivity contribution in [3.05, 3.63) is 0 Å². The van der Waals surface area contributed by atoms with Gasteiger partial charge in [0.05, 0.1) is 11.1 Å². The van der Waals surface area contributed by atoms with Crippen LogP contribution in [0.15, 0.2) is 0 Å². The Bertz CT molecular complexity index is 232. The maximum atomic E-state index is 11.8. The minimum Gasteiger partial charge on any atom is -0.388 e. The predicted molar refractivity (Wildman–Crippen MR) is 66.2 cm³/mol. The highest BCUT2D eigenvalue weighted by molar-refractivity contribution is 5.79. The van der Waals surface area contributed by atoms with E-state index in [9.17, 15) is 9.90 Å². The standard InChI is InChI=1S/C12H26N2O2/c1-7-13-8-9(2)10(15)14-11(3,4)12(5,6)16/h9,13,16H,7-8H2,1-6H3,(H,14,15). The molecule has 4 heteroatoms. The molecule has 0 spiro atoms. The fraction of sp³-hybridized carbons (Fsp3) is 0.917. The van der Waals surface area contributed by atoms with Crippen LogP contribution in [0.25, 0.3) is 0 Å². The van der Waals surface area contributed by atoms with E-state index < -0.39 is 11.1 Å².